The van der Waals surface area contributed by atoms with Crippen LogP contribution in [0.25, 0.3) is 0 Å². The Morgan fingerprint density at radius 2 is 1.62 bits per heavy atom. The van der Waals surface area contributed by atoms with Gasteiger partial charge >= 0.3 is 0 Å². The normalized spacial score (nSPS) is 11.9. The molecule has 39 heavy (non-hydrogen) atoms. The fraction of sp³-hybridized carbons (Fsp3) is 0.310. The number of benzene rings is 3. The molecule has 0 heterocycles. The summed E-state index contributed by atoms with van der Waals surface area (Å²) >= 11 is 5.98. The van der Waals surface area contributed by atoms with E-state index in [-0.39, 0.29) is 17.3 Å². The van der Waals surface area contributed by atoms with Crippen molar-refractivity contribution in [2.45, 2.75) is 44.2 Å². The third-order valence-corrected chi connectivity index (χ3v) is 8.27. The van der Waals surface area contributed by atoms with E-state index in [1.54, 1.807) is 68.6 Å². The molecule has 8 nitrogen and oxygen atoms in total. The number of amides is 2. The van der Waals surface area contributed by atoms with Crippen LogP contribution < -0.4 is 14.4 Å². The van der Waals surface area contributed by atoms with Crippen molar-refractivity contribution in [1.29, 1.82) is 0 Å². The van der Waals surface area contributed by atoms with E-state index in [0.29, 0.717) is 23.0 Å². The first-order valence-corrected chi connectivity index (χ1v) is 14.5. The van der Waals surface area contributed by atoms with Crippen LogP contribution in [0.4, 0.5) is 5.69 Å². The van der Waals surface area contributed by atoms with Gasteiger partial charge in [0.1, 0.15) is 18.3 Å². The highest BCUT2D eigenvalue weighted by Gasteiger charge is 2.32. The third-order valence-electron chi connectivity index (χ3n) is 6.23. The van der Waals surface area contributed by atoms with E-state index in [1.165, 1.54) is 29.2 Å². The van der Waals surface area contributed by atoms with Gasteiger partial charge in [0.05, 0.1) is 17.7 Å². The van der Waals surface area contributed by atoms with Gasteiger partial charge in [-0.25, -0.2) is 8.42 Å². The van der Waals surface area contributed by atoms with Crippen LogP contribution in [-0.2, 0) is 26.2 Å². The number of carbonyl (C=O) groups is 2. The van der Waals surface area contributed by atoms with Gasteiger partial charge in [-0.05, 0) is 67.4 Å². The summed E-state index contributed by atoms with van der Waals surface area (Å²) in [5.41, 5.74) is 1.09. The maximum absolute atomic E-state index is 13.9. The molecule has 0 spiro atoms. The Hall–Kier alpha value is -3.56. The quantitative estimate of drug-likeness (QED) is 0.295. The van der Waals surface area contributed by atoms with E-state index in [0.717, 1.165) is 22.7 Å². The summed E-state index contributed by atoms with van der Waals surface area (Å²) < 4.78 is 33.7. The van der Waals surface area contributed by atoms with Crippen molar-refractivity contribution in [2.75, 3.05) is 24.5 Å². The number of nitrogens with zero attached hydrogens (tertiary/aromatic N) is 2. The predicted octanol–water partition coefficient (Wildman–Crippen LogP) is 4.88. The summed E-state index contributed by atoms with van der Waals surface area (Å²) in [4.78, 5) is 28.2. The Kier molecular flexibility index (Phi) is 10.8. The van der Waals surface area contributed by atoms with Gasteiger partial charge in [0.2, 0.25) is 11.8 Å². The Morgan fingerprint density at radius 3 is 2.21 bits per heavy atom. The SMILES string of the molecule is CCCCNC(=O)[C@H](C)N(Cc1ccc(OC)cc1)C(=O)CN(c1ccccc1)S(=O)(=O)c1ccc(Cl)cc1. The van der Waals surface area contributed by atoms with Gasteiger partial charge in [0, 0.05) is 18.1 Å². The van der Waals surface area contributed by atoms with Crippen LogP contribution in [-0.4, -0.2) is 51.4 Å². The fourth-order valence-electron chi connectivity index (χ4n) is 3.90. The third kappa shape index (κ3) is 7.97. The minimum atomic E-state index is -4.13. The first-order valence-electron chi connectivity index (χ1n) is 12.7. The van der Waals surface area contributed by atoms with Gasteiger partial charge in [-0.1, -0.05) is 55.3 Å². The Balaban J connectivity index is 1.96. The van der Waals surface area contributed by atoms with Crippen molar-refractivity contribution in [1.82, 2.24) is 10.2 Å². The smallest absolute Gasteiger partial charge is 0.264 e. The molecule has 0 saturated heterocycles. The van der Waals surface area contributed by atoms with E-state index in [1.807, 2.05) is 6.92 Å². The van der Waals surface area contributed by atoms with Crippen molar-refractivity contribution in [3.05, 3.63) is 89.4 Å². The summed E-state index contributed by atoms with van der Waals surface area (Å²) in [6.45, 7) is 3.76. The van der Waals surface area contributed by atoms with Gasteiger partial charge in [-0.2, -0.15) is 0 Å². The van der Waals surface area contributed by atoms with Crippen molar-refractivity contribution >= 4 is 39.1 Å². The maximum Gasteiger partial charge on any atom is 0.264 e. The molecule has 208 valence electrons. The summed E-state index contributed by atoms with van der Waals surface area (Å²) in [5.74, 6) is -0.172. The molecule has 1 N–H and O–H groups in total. The number of unbranched alkanes of at least 4 members (excludes halogenated alkanes) is 1. The molecule has 2 amide bonds. The van der Waals surface area contributed by atoms with Crippen LogP contribution in [0.2, 0.25) is 5.02 Å². The first-order chi connectivity index (χ1) is 18.7. The van der Waals surface area contributed by atoms with Crippen molar-refractivity contribution in [3.63, 3.8) is 0 Å². The summed E-state index contributed by atoms with van der Waals surface area (Å²) in [7, 11) is -2.57. The topological polar surface area (TPSA) is 96.0 Å². The lowest BCUT2D eigenvalue weighted by Gasteiger charge is -2.32. The van der Waals surface area contributed by atoms with Gasteiger partial charge in [-0.15, -0.1) is 0 Å². The van der Waals surface area contributed by atoms with E-state index in [2.05, 4.69) is 5.32 Å². The molecular weight excluding hydrogens is 538 g/mol. The van der Waals surface area contributed by atoms with Crippen LogP contribution in [0, 0.1) is 0 Å². The molecule has 1 atom stereocenters. The van der Waals surface area contributed by atoms with Crippen molar-refractivity contribution < 1.29 is 22.7 Å². The molecule has 0 aliphatic rings. The Bertz CT molecular complexity index is 1330. The number of sulfonamides is 1. The van der Waals surface area contributed by atoms with Crippen LogP contribution in [0.3, 0.4) is 0 Å². The second-order valence-electron chi connectivity index (χ2n) is 8.99. The molecule has 3 aromatic rings. The number of ether oxygens (including phenoxy) is 1. The minimum absolute atomic E-state index is 0.00406. The van der Waals surface area contributed by atoms with Crippen LogP contribution >= 0.6 is 11.6 Å². The lowest BCUT2D eigenvalue weighted by Crippen LogP contribution is -2.51. The second kappa shape index (κ2) is 14.0. The molecule has 0 bridgehead atoms. The van der Waals surface area contributed by atoms with Crippen molar-refractivity contribution in [2.24, 2.45) is 0 Å². The van der Waals surface area contributed by atoms with E-state index >= 15 is 0 Å². The van der Waals surface area contributed by atoms with Crippen molar-refractivity contribution in [3.8, 4) is 5.75 Å². The molecule has 0 aromatic heterocycles. The zero-order valence-electron chi connectivity index (χ0n) is 22.3. The summed E-state index contributed by atoms with van der Waals surface area (Å²) in [6.07, 6.45) is 1.73. The lowest BCUT2D eigenvalue weighted by molar-refractivity contribution is -0.139. The molecule has 0 aliphatic carbocycles. The largest absolute Gasteiger partial charge is 0.497 e. The molecule has 0 saturated carbocycles. The van der Waals surface area contributed by atoms with Crippen LogP contribution in [0.1, 0.15) is 32.3 Å². The predicted molar refractivity (Wildman–Crippen MR) is 153 cm³/mol. The highest BCUT2D eigenvalue weighted by atomic mass is 35.5. The minimum Gasteiger partial charge on any atom is -0.497 e. The highest BCUT2D eigenvalue weighted by molar-refractivity contribution is 7.92. The Morgan fingerprint density at radius 1 is 0.974 bits per heavy atom. The number of rotatable bonds is 13. The molecule has 3 rings (SSSR count). The number of methoxy groups -OCH3 is 1. The molecule has 0 unspecified atom stereocenters. The molecular formula is C29H34ClN3O5S. The average Bonchev–Trinajstić information content (AvgIpc) is 2.95. The molecule has 3 aromatic carbocycles. The molecule has 0 radical (unpaired) electrons. The zero-order valence-corrected chi connectivity index (χ0v) is 23.9. The number of halogens is 1. The standard InChI is InChI=1S/C29H34ClN3O5S/c1-4-5-19-31-29(35)22(2)32(20-23-11-15-26(38-3)16-12-23)28(34)21-33(25-9-7-6-8-10-25)39(36,37)27-17-13-24(30)14-18-27/h6-18,22H,4-5,19-21H2,1-3H3,(H,31,35)/t22-/m0/s1. The van der Waals surface area contributed by atoms with Gasteiger partial charge in [0.25, 0.3) is 10.0 Å². The molecule has 0 aliphatic heterocycles. The van der Waals surface area contributed by atoms with Crippen LogP contribution in [0.15, 0.2) is 83.8 Å². The number of para-hydroxylation sites is 1. The lowest BCUT2D eigenvalue weighted by atomic mass is 10.1. The van der Waals surface area contributed by atoms with E-state index < -0.39 is 28.5 Å². The monoisotopic (exact) mass is 571 g/mol. The highest BCUT2D eigenvalue weighted by Crippen LogP contribution is 2.25. The average molecular weight is 572 g/mol. The number of anilines is 1. The number of carbonyl (C=O) groups excluding carboxylic acids is 2. The number of hydrogen-bond donors (Lipinski definition) is 1. The molecule has 10 heteroatoms. The second-order valence-corrected chi connectivity index (χ2v) is 11.3. The van der Waals surface area contributed by atoms with Gasteiger partial charge in [0.15, 0.2) is 0 Å². The summed E-state index contributed by atoms with van der Waals surface area (Å²) in [5, 5.41) is 3.27. The van der Waals surface area contributed by atoms with E-state index in [4.69, 9.17) is 16.3 Å². The fourth-order valence-corrected chi connectivity index (χ4v) is 5.44. The van der Waals surface area contributed by atoms with Crippen LogP contribution in [0.5, 0.6) is 5.75 Å². The Labute approximate surface area is 235 Å². The zero-order chi connectivity index (χ0) is 28.4. The first kappa shape index (κ1) is 30.0. The maximum atomic E-state index is 13.9. The molecule has 0 fully saturated rings. The van der Waals surface area contributed by atoms with Gasteiger partial charge < -0.3 is 15.0 Å². The number of nitrogens with one attached hydrogen (secondary N) is 1. The number of hydrogen-bond acceptors (Lipinski definition) is 5. The van der Waals surface area contributed by atoms with E-state index in [9.17, 15) is 18.0 Å². The van der Waals surface area contributed by atoms with Gasteiger partial charge in [-0.3, -0.25) is 13.9 Å². The summed E-state index contributed by atoms with van der Waals surface area (Å²) in [6, 6.07) is 20.5.